The lowest BCUT2D eigenvalue weighted by Crippen LogP contribution is -2.61. The number of nitrogens with zero attached hydrogens (tertiary/aromatic N) is 2. The fourth-order valence-electron chi connectivity index (χ4n) is 7.48. The van der Waals surface area contributed by atoms with Gasteiger partial charge >= 0.3 is 12.1 Å². The van der Waals surface area contributed by atoms with Crippen LogP contribution in [0.3, 0.4) is 0 Å². The van der Waals surface area contributed by atoms with E-state index in [-0.39, 0.29) is 35.7 Å². The smallest absolute Gasteiger partial charge is 0.409 e. The number of carbonyl (C=O) groups excluding carboxylic acids is 6. The maximum absolute atomic E-state index is 14.6. The molecule has 13 heteroatoms. The van der Waals surface area contributed by atoms with Gasteiger partial charge in [-0.2, -0.15) is 0 Å². The van der Waals surface area contributed by atoms with Gasteiger partial charge in [-0.1, -0.05) is 63.1 Å². The third kappa shape index (κ3) is 7.34. The van der Waals surface area contributed by atoms with Crippen molar-refractivity contribution < 1.29 is 33.5 Å². The number of fused-ring (bicyclic) bond motifs is 2. The maximum Gasteiger partial charge on any atom is 0.409 e. The molecule has 0 radical (unpaired) electrons. The van der Waals surface area contributed by atoms with E-state index in [1.165, 1.54) is 4.90 Å². The molecule has 6 amide bonds. The number of likely N-dealkylation sites (tertiary alicyclic amines) is 1. The number of carbonyl (C=O) groups is 6. The molecule has 0 spiro atoms. The lowest BCUT2D eigenvalue weighted by molar-refractivity contribution is -0.144. The molecule has 4 aliphatic rings. The number of urea groups is 1. The van der Waals surface area contributed by atoms with Gasteiger partial charge in [0, 0.05) is 20.6 Å². The summed E-state index contributed by atoms with van der Waals surface area (Å²) < 4.78 is 5.28. The van der Waals surface area contributed by atoms with Crippen LogP contribution in [-0.4, -0.2) is 96.8 Å². The van der Waals surface area contributed by atoms with Crippen molar-refractivity contribution in [2.75, 3.05) is 27.2 Å². The van der Waals surface area contributed by atoms with E-state index >= 15 is 0 Å². The Kier molecular flexibility index (Phi) is 9.89. The van der Waals surface area contributed by atoms with Crippen LogP contribution in [0.4, 0.5) is 9.59 Å². The molecule has 13 nitrogen and oxygen atoms in total. The van der Waals surface area contributed by atoms with Gasteiger partial charge in [0.05, 0.1) is 12.1 Å². The van der Waals surface area contributed by atoms with Crippen LogP contribution in [0, 0.1) is 29.1 Å². The first kappa shape index (κ1) is 34.9. The van der Waals surface area contributed by atoms with Crippen LogP contribution in [-0.2, 0) is 36.8 Å². The number of nitrogens with one attached hydrogen (secondary N) is 3. The van der Waals surface area contributed by atoms with E-state index in [9.17, 15) is 28.8 Å². The highest BCUT2D eigenvalue weighted by Gasteiger charge is 2.70. The van der Waals surface area contributed by atoms with Crippen LogP contribution >= 0.6 is 0 Å². The van der Waals surface area contributed by atoms with Crippen molar-refractivity contribution in [3.8, 4) is 0 Å². The van der Waals surface area contributed by atoms with Gasteiger partial charge < -0.3 is 36.2 Å². The Morgan fingerprint density at radius 2 is 1.65 bits per heavy atom. The molecular weight excluding hydrogens is 616 g/mol. The third-order valence-corrected chi connectivity index (χ3v) is 10.6. The largest absolute Gasteiger partial charge is 0.447 e. The number of hydrogen-bond donors (Lipinski definition) is 4. The van der Waals surface area contributed by atoms with Crippen molar-refractivity contribution in [3.63, 3.8) is 0 Å². The highest BCUT2D eigenvalue weighted by molar-refractivity contribution is 6.37. The Bertz CT molecular complexity index is 1480. The quantitative estimate of drug-likeness (QED) is 0.182. The van der Waals surface area contributed by atoms with E-state index in [1.54, 1.807) is 25.9 Å². The molecule has 1 aliphatic heterocycles. The number of Topliss-reactive ketones (excluding diaryl/α,β-unsaturated/α-hetero) is 1. The lowest BCUT2D eigenvalue weighted by atomic mass is 9.93. The molecule has 1 aromatic rings. The molecule has 0 aromatic heterocycles. The molecule has 0 bridgehead atoms. The number of ketones is 1. The van der Waals surface area contributed by atoms with Gasteiger partial charge in [-0.25, -0.2) is 9.59 Å². The van der Waals surface area contributed by atoms with Gasteiger partial charge in [0.15, 0.2) is 0 Å². The molecule has 2 saturated carbocycles. The van der Waals surface area contributed by atoms with E-state index in [2.05, 4.69) is 36.4 Å². The minimum Gasteiger partial charge on any atom is -0.447 e. The summed E-state index contributed by atoms with van der Waals surface area (Å²) >= 11 is 0. The van der Waals surface area contributed by atoms with Crippen LogP contribution in [0.25, 0.3) is 0 Å². The summed E-state index contributed by atoms with van der Waals surface area (Å²) in [4.78, 5) is 81.5. The highest BCUT2D eigenvalue weighted by atomic mass is 16.6. The summed E-state index contributed by atoms with van der Waals surface area (Å²) in [5.74, 6) is -2.99. The van der Waals surface area contributed by atoms with Crippen LogP contribution in [0.5, 0.6) is 0 Å². The number of benzene rings is 1. The van der Waals surface area contributed by atoms with Gasteiger partial charge in [0.1, 0.15) is 18.7 Å². The van der Waals surface area contributed by atoms with Crippen molar-refractivity contribution in [3.05, 3.63) is 47.5 Å². The average molecular weight is 665 g/mol. The molecule has 1 heterocycles. The van der Waals surface area contributed by atoms with Crippen molar-refractivity contribution in [2.45, 2.75) is 77.0 Å². The first-order valence-corrected chi connectivity index (χ1v) is 16.7. The second kappa shape index (κ2) is 13.6. The number of nitrogens with two attached hydrogens (primary N) is 1. The molecule has 260 valence electrons. The van der Waals surface area contributed by atoms with Crippen LogP contribution < -0.4 is 21.7 Å². The number of amides is 6. The normalized spacial score (nSPS) is 23.9. The zero-order valence-corrected chi connectivity index (χ0v) is 28.4. The van der Waals surface area contributed by atoms with E-state index in [1.807, 2.05) is 24.3 Å². The Morgan fingerprint density at radius 1 is 1.02 bits per heavy atom. The molecule has 5 rings (SSSR count). The van der Waals surface area contributed by atoms with Gasteiger partial charge in [-0.05, 0) is 66.4 Å². The molecule has 3 fully saturated rings. The van der Waals surface area contributed by atoms with Gasteiger partial charge in [-0.15, -0.1) is 0 Å². The fraction of sp³-hybridized carbons (Fsp3) is 0.600. The maximum atomic E-state index is 14.6. The minimum absolute atomic E-state index is 0.0559. The molecule has 6 atom stereocenters. The molecule has 1 unspecified atom stereocenters. The van der Waals surface area contributed by atoms with Gasteiger partial charge in [-0.3, -0.25) is 19.2 Å². The first-order chi connectivity index (χ1) is 22.6. The fourth-order valence-corrected chi connectivity index (χ4v) is 7.48. The molecule has 48 heavy (non-hydrogen) atoms. The topological polar surface area (TPSA) is 180 Å². The van der Waals surface area contributed by atoms with Crippen LogP contribution in [0.1, 0.15) is 51.2 Å². The summed E-state index contributed by atoms with van der Waals surface area (Å²) in [6, 6.07) is 3.61. The van der Waals surface area contributed by atoms with Gasteiger partial charge in [0.25, 0.3) is 5.91 Å². The molecule has 5 N–H and O–H groups in total. The second-order valence-corrected chi connectivity index (χ2v) is 14.8. The summed E-state index contributed by atoms with van der Waals surface area (Å²) in [6.07, 6.45) is 2.68. The van der Waals surface area contributed by atoms with E-state index in [0.717, 1.165) is 24.0 Å². The minimum atomic E-state index is -1.11. The predicted octanol–water partition coefficient (Wildman–Crippen LogP) is 1.53. The summed E-state index contributed by atoms with van der Waals surface area (Å²) in [5, 5.41) is 8.48. The molecule has 1 aromatic carbocycles. The molecular formula is C35H48N6O7. The number of hydrogen-bond acceptors (Lipinski definition) is 7. The van der Waals surface area contributed by atoms with Crippen molar-refractivity contribution in [1.29, 1.82) is 0 Å². The van der Waals surface area contributed by atoms with E-state index in [4.69, 9.17) is 10.5 Å². The summed E-state index contributed by atoms with van der Waals surface area (Å²) in [7, 11) is 3.10. The summed E-state index contributed by atoms with van der Waals surface area (Å²) in [6.45, 7) is 9.90. The number of primary amides is 1. The van der Waals surface area contributed by atoms with Crippen molar-refractivity contribution in [2.24, 2.45) is 34.8 Å². The predicted molar refractivity (Wildman–Crippen MR) is 176 cm³/mol. The second-order valence-electron chi connectivity index (χ2n) is 14.8. The first-order valence-electron chi connectivity index (χ1n) is 16.7. The highest BCUT2D eigenvalue weighted by Crippen LogP contribution is 2.65. The Hall–Kier alpha value is -4.42. The van der Waals surface area contributed by atoms with Crippen LogP contribution in [0.15, 0.2) is 36.4 Å². The zero-order chi connectivity index (χ0) is 35.1. The monoisotopic (exact) mass is 664 g/mol. The van der Waals surface area contributed by atoms with E-state index < -0.39 is 59.8 Å². The average Bonchev–Trinajstić information content (AvgIpc) is 3.78. The third-order valence-electron chi connectivity index (χ3n) is 10.6. The molecule has 3 aliphatic carbocycles. The van der Waals surface area contributed by atoms with Crippen molar-refractivity contribution >= 4 is 35.6 Å². The molecule has 1 saturated heterocycles. The lowest BCUT2D eigenvalue weighted by Gasteiger charge is -2.35. The number of ether oxygens (including phenoxy) is 1. The summed E-state index contributed by atoms with van der Waals surface area (Å²) in [5.41, 5.74) is 7.85. The number of rotatable bonds is 13. The van der Waals surface area contributed by atoms with Crippen molar-refractivity contribution in [1.82, 2.24) is 25.8 Å². The van der Waals surface area contributed by atoms with Gasteiger partial charge in [0.2, 0.25) is 17.6 Å². The SMILES string of the molecule is C=C(C)[C@@H](COC(=O)N(C)C)NC(=O)N[C@H](C(=O)N1C[C@H]2[C@@H]([C@H]1C(=O)NC(CC1CC1)C(=O)C(N)=O)C2(C)C)C1Cc2ccccc2C1. The number of piperidine rings is 1. The zero-order valence-electron chi connectivity index (χ0n) is 28.4. The Morgan fingerprint density at radius 3 is 2.19 bits per heavy atom. The van der Waals surface area contributed by atoms with Crippen LogP contribution in [0.2, 0.25) is 0 Å². The Balaban J connectivity index is 1.37. The van der Waals surface area contributed by atoms with E-state index in [0.29, 0.717) is 31.4 Å². The standard InChI is InChI=1S/C35H48N6O7/c1-18(2)25(17-48-34(47)40(5)6)38-33(46)39-27(22-14-20-9-7-8-10-21(20)15-22)32(45)41-16-23-26(35(23,3)4)28(41)31(44)37-24(13-19-11-12-19)29(42)30(36)43/h7-10,19,22-28H,1,11-17H2,2-6H3,(H2,36,43)(H,37,44)(H2,38,39,46)/t23-,24?,25+,26-,27-,28-/m0/s1. The Labute approximate surface area is 281 Å².